The Bertz CT molecular complexity index is 530. The van der Waals surface area contributed by atoms with Gasteiger partial charge < -0.3 is 18.9 Å². The van der Waals surface area contributed by atoms with Gasteiger partial charge in [0.05, 0.1) is 49.5 Å². The third-order valence-corrected chi connectivity index (χ3v) is 5.67. The van der Waals surface area contributed by atoms with Gasteiger partial charge in [0.1, 0.15) is 0 Å². The van der Waals surface area contributed by atoms with Crippen molar-refractivity contribution in [3.05, 3.63) is 0 Å². The zero-order valence-corrected chi connectivity index (χ0v) is 16.4. The first-order valence-electron chi connectivity index (χ1n) is 9.89. The maximum atomic E-state index is 12.2. The van der Waals surface area contributed by atoms with Gasteiger partial charge in [-0.1, -0.05) is 20.8 Å². The Balaban J connectivity index is 1.32. The van der Waals surface area contributed by atoms with Crippen LogP contribution in [-0.4, -0.2) is 49.6 Å². The molecular weight excluding hydrogens is 336 g/mol. The smallest absolute Gasteiger partial charge is 0.309 e. The van der Waals surface area contributed by atoms with Crippen molar-refractivity contribution in [1.29, 1.82) is 0 Å². The molecule has 0 radical (unpaired) electrons. The number of hydrogen-bond acceptors (Lipinski definition) is 6. The molecule has 26 heavy (non-hydrogen) atoms. The summed E-state index contributed by atoms with van der Waals surface area (Å²) in [4.78, 5) is 24.4. The Morgan fingerprint density at radius 1 is 1.12 bits per heavy atom. The molecule has 6 heteroatoms. The molecule has 0 aromatic heterocycles. The summed E-state index contributed by atoms with van der Waals surface area (Å²) in [6.07, 6.45) is 5.52. The molecule has 3 aliphatic rings. The van der Waals surface area contributed by atoms with Crippen molar-refractivity contribution in [2.24, 2.45) is 17.3 Å². The van der Waals surface area contributed by atoms with E-state index < -0.39 is 5.41 Å². The van der Waals surface area contributed by atoms with E-state index >= 15 is 0 Å². The third kappa shape index (κ3) is 5.43. The molecule has 1 saturated carbocycles. The molecule has 2 heterocycles. The minimum atomic E-state index is -0.396. The topological polar surface area (TPSA) is 77.7 Å². The fourth-order valence-corrected chi connectivity index (χ4v) is 3.52. The van der Waals surface area contributed by atoms with E-state index in [2.05, 4.69) is 0 Å². The van der Waals surface area contributed by atoms with Crippen molar-refractivity contribution in [1.82, 2.24) is 0 Å². The summed E-state index contributed by atoms with van der Waals surface area (Å²) in [6.45, 7) is 8.32. The molecule has 0 aromatic carbocycles. The van der Waals surface area contributed by atoms with E-state index in [4.69, 9.17) is 18.9 Å². The van der Waals surface area contributed by atoms with E-state index in [1.807, 2.05) is 27.7 Å². The molecule has 0 aromatic rings. The lowest BCUT2D eigenvalue weighted by Gasteiger charge is -2.26. The Labute approximate surface area is 155 Å². The Morgan fingerprint density at radius 3 is 2.46 bits per heavy atom. The van der Waals surface area contributed by atoms with Crippen LogP contribution in [0.4, 0.5) is 0 Å². The lowest BCUT2D eigenvalue weighted by atomic mass is 9.89. The first-order valence-corrected chi connectivity index (χ1v) is 9.89. The van der Waals surface area contributed by atoms with Crippen molar-refractivity contribution < 1.29 is 28.5 Å². The highest BCUT2D eigenvalue weighted by molar-refractivity contribution is 5.73. The molecule has 1 aliphatic carbocycles. The summed E-state index contributed by atoms with van der Waals surface area (Å²) >= 11 is 0. The van der Waals surface area contributed by atoms with Gasteiger partial charge in [-0.05, 0) is 39.0 Å². The summed E-state index contributed by atoms with van der Waals surface area (Å²) in [5, 5.41) is 0. The van der Waals surface area contributed by atoms with E-state index in [0.29, 0.717) is 18.3 Å². The first kappa shape index (κ1) is 19.6. The largest absolute Gasteiger partial charge is 0.465 e. The van der Waals surface area contributed by atoms with E-state index in [0.717, 1.165) is 32.1 Å². The molecular formula is C20H32O6. The minimum Gasteiger partial charge on any atom is -0.465 e. The summed E-state index contributed by atoms with van der Waals surface area (Å²) in [5.74, 6) is -0.533. The predicted molar refractivity (Wildman–Crippen MR) is 94.4 cm³/mol. The maximum Gasteiger partial charge on any atom is 0.309 e. The van der Waals surface area contributed by atoms with E-state index in [-0.39, 0.29) is 43.1 Å². The van der Waals surface area contributed by atoms with Crippen LogP contribution < -0.4 is 0 Å². The van der Waals surface area contributed by atoms with Crippen molar-refractivity contribution in [2.75, 3.05) is 13.2 Å². The number of ether oxygens (including phenoxy) is 4. The van der Waals surface area contributed by atoms with Gasteiger partial charge in [0.15, 0.2) is 0 Å². The maximum absolute atomic E-state index is 12.2. The van der Waals surface area contributed by atoms with Crippen molar-refractivity contribution in [3.8, 4) is 0 Å². The molecule has 6 unspecified atom stereocenters. The van der Waals surface area contributed by atoms with Crippen LogP contribution in [0.2, 0.25) is 0 Å². The van der Waals surface area contributed by atoms with Crippen LogP contribution in [-0.2, 0) is 28.5 Å². The van der Waals surface area contributed by atoms with Crippen LogP contribution in [0.5, 0.6) is 0 Å². The number of epoxide rings is 2. The predicted octanol–water partition coefficient (Wildman–Crippen LogP) is 2.87. The second-order valence-corrected chi connectivity index (χ2v) is 8.96. The lowest BCUT2D eigenvalue weighted by molar-refractivity contribution is -0.158. The number of rotatable bonds is 9. The summed E-state index contributed by atoms with van der Waals surface area (Å²) in [7, 11) is 0. The normalized spacial score (nSPS) is 33.8. The zero-order valence-electron chi connectivity index (χ0n) is 16.4. The standard InChI is InChI=1S/C20H32O6/c1-12(5-7-15-13(2)25-15)18(21)23-10-20(3,4)11-24-19(22)14-6-8-16-17(9-14)26-16/h12-17H,5-11H2,1-4H3. The third-order valence-electron chi connectivity index (χ3n) is 5.67. The van der Waals surface area contributed by atoms with E-state index in [9.17, 15) is 9.59 Å². The number of hydrogen-bond donors (Lipinski definition) is 0. The summed E-state index contributed by atoms with van der Waals surface area (Å²) in [6, 6.07) is 0. The molecule has 0 N–H and O–H groups in total. The molecule has 0 bridgehead atoms. The van der Waals surface area contributed by atoms with E-state index in [1.165, 1.54) is 0 Å². The van der Waals surface area contributed by atoms with Gasteiger partial charge in [-0.25, -0.2) is 0 Å². The van der Waals surface area contributed by atoms with Gasteiger partial charge in [-0.15, -0.1) is 0 Å². The molecule has 0 spiro atoms. The van der Waals surface area contributed by atoms with Crippen molar-refractivity contribution in [3.63, 3.8) is 0 Å². The molecule has 3 fully saturated rings. The second-order valence-electron chi connectivity index (χ2n) is 8.96. The van der Waals surface area contributed by atoms with Crippen LogP contribution >= 0.6 is 0 Å². The summed E-state index contributed by atoms with van der Waals surface area (Å²) < 4.78 is 21.8. The van der Waals surface area contributed by atoms with Crippen LogP contribution in [0.1, 0.15) is 59.8 Å². The van der Waals surface area contributed by atoms with Crippen molar-refractivity contribution in [2.45, 2.75) is 84.2 Å². The number of fused-ring (bicyclic) bond motifs is 1. The number of esters is 2. The van der Waals surface area contributed by atoms with Crippen LogP contribution in [0.25, 0.3) is 0 Å². The first-order chi connectivity index (χ1) is 12.2. The van der Waals surface area contributed by atoms with Crippen LogP contribution in [0, 0.1) is 17.3 Å². The fraction of sp³-hybridized carbons (Fsp3) is 0.900. The number of carbonyl (C=O) groups excluding carboxylic acids is 2. The highest BCUT2D eigenvalue weighted by atomic mass is 16.6. The molecule has 2 saturated heterocycles. The molecule has 148 valence electrons. The molecule has 3 rings (SSSR count). The Kier molecular flexibility index (Phi) is 5.92. The van der Waals surface area contributed by atoms with Crippen molar-refractivity contribution >= 4 is 11.9 Å². The van der Waals surface area contributed by atoms with Crippen LogP contribution in [0.15, 0.2) is 0 Å². The van der Waals surface area contributed by atoms with Crippen LogP contribution in [0.3, 0.4) is 0 Å². The number of carbonyl (C=O) groups is 2. The highest BCUT2D eigenvalue weighted by Gasteiger charge is 2.46. The highest BCUT2D eigenvalue weighted by Crippen LogP contribution is 2.40. The van der Waals surface area contributed by atoms with Gasteiger partial charge in [-0.3, -0.25) is 9.59 Å². The van der Waals surface area contributed by atoms with Gasteiger partial charge in [-0.2, -0.15) is 0 Å². The Hall–Kier alpha value is -1.14. The van der Waals surface area contributed by atoms with Gasteiger partial charge in [0.2, 0.25) is 0 Å². The monoisotopic (exact) mass is 368 g/mol. The molecule has 2 aliphatic heterocycles. The minimum absolute atomic E-state index is 0.0517. The van der Waals surface area contributed by atoms with E-state index in [1.54, 1.807) is 0 Å². The Morgan fingerprint density at radius 2 is 1.81 bits per heavy atom. The molecule has 0 amide bonds. The SMILES string of the molecule is CC(CCC1OC1C)C(=O)OCC(C)(C)COC(=O)C1CCC2OC2C1. The van der Waals surface area contributed by atoms with Gasteiger partial charge in [0.25, 0.3) is 0 Å². The molecule has 6 nitrogen and oxygen atoms in total. The average molecular weight is 368 g/mol. The quantitative estimate of drug-likeness (QED) is 0.460. The second kappa shape index (κ2) is 7.85. The zero-order chi connectivity index (χ0) is 18.9. The van der Waals surface area contributed by atoms with Gasteiger partial charge in [0, 0.05) is 5.41 Å². The lowest BCUT2D eigenvalue weighted by Crippen LogP contribution is -2.32. The van der Waals surface area contributed by atoms with Gasteiger partial charge >= 0.3 is 11.9 Å². The fourth-order valence-electron chi connectivity index (χ4n) is 3.52. The summed E-state index contributed by atoms with van der Waals surface area (Å²) in [5.41, 5.74) is -0.396. The molecule has 6 atom stereocenters. The average Bonchev–Trinajstić information content (AvgIpc) is 3.51.